The van der Waals surface area contributed by atoms with Crippen LogP contribution in [0.5, 0.6) is 0 Å². The van der Waals surface area contributed by atoms with Gasteiger partial charge in [0.25, 0.3) is 0 Å². The van der Waals surface area contributed by atoms with Crippen molar-refractivity contribution in [1.82, 2.24) is 19.9 Å². The van der Waals surface area contributed by atoms with Crippen LogP contribution in [0.2, 0.25) is 0 Å². The van der Waals surface area contributed by atoms with Crippen LogP contribution in [0.25, 0.3) is 21.4 Å². The second-order valence-corrected chi connectivity index (χ2v) is 6.66. The SMILES string of the molecule is O=C(c1ccc(-c2nccs2)nc1)c1ccc(-c2nccs2)nc1. The molecule has 0 bridgehead atoms. The molecule has 24 heavy (non-hydrogen) atoms. The summed E-state index contributed by atoms with van der Waals surface area (Å²) in [5, 5.41) is 5.46. The van der Waals surface area contributed by atoms with Gasteiger partial charge in [-0.25, -0.2) is 9.97 Å². The monoisotopic (exact) mass is 350 g/mol. The van der Waals surface area contributed by atoms with E-state index in [0.717, 1.165) is 21.4 Å². The fraction of sp³-hybridized carbons (Fsp3) is 0. The van der Waals surface area contributed by atoms with Crippen LogP contribution in [0, 0.1) is 0 Å². The predicted molar refractivity (Wildman–Crippen MR) is 94.1 cm³/mol. The van der Waals surface area contributed by atoms with Gasteiger partial charge >= 0.3 is 0 Å². The molecular formula is C17H10N4OS2. The number of nitrogens with zero attached hydrogens (tertiary/aromatic N) is 4. The van der Waals surface area contributed by atoms with Crippen molar-refractivity contribution in [1.29, 1.82) is 0 Å². The van der Waals surface area contributed by atoms with Crippen LogP contribution in [0.15, 0.2) is 59.8 Å². The van der Waals surface area contributed by atoms with Gasteiger partial charge in [0, 0.05) is 46.7 Å². The van der Waals surface area contributed by atoms with Crippen LogP contribution in [-0.4, -0.2) is 25.7 Å². The number of thiazole rings is 2. The van der Waals surface area contributed by atoms with Crippen LogP contribution < -0.4 is 0 Å². The van der Waals surface area contributed by atoms with Crippen molar-refractivity contribution in [2.24, 2.45) is 0 Å². The van der Waals surface area contributed by atoms with Crippen molar-refractivity contribution >= 4 is 28.5 Å². The minimum Gasteiger partial charge on any atom is -0.288 e. The maximum Gasteiger partial charge on any atom is 0.196 e. The summed E-state index contributed by atoms with van der Waals surface area (Å²) in [6.07, 6.45) is 6.62. The van der Waals surface area contributed by atoms with Crippen molar-refractivity contribution in [3.63, 3.8) is 0 Å². The highest BCUT2D eigenvalue weighted by atomic mass is 32.1. The highest BCUT2D eigenvalue weighted by Gasteiger charge is 2.12. The van der Waals surface area contributed by atoms with Crippen molar-refractivity contribution in [2.45, 2.75) is 0 Å². The number of ketones is 1. The largest absolute Gasteiger partial charge is 0.288 e. The van der Waals surface area contributed by atoms with Crippen molar-refractivity contribution in [2.75, 3.05) is 0 Å². The van der Waals surface area contributed by atoms with Crippen LogP contribution in [0.1, 0.15) is 15.9 Å². The van der Waals surface area contributed by atoms with Gasteiger partial charge in [0.15, 0.2) is 5.78 Å². The average Bonchev–Trinajstić information content (AvgIpc) is 3.35. The molecule has 0 fully saturated rings. The van der Waals surface area contributed by atoms with Gasteiger partial charge in [0.1, 0.15) is 10.0 Å². The Morgan fingerprint density at radius 2 is 1.21 bits per heavy atom. The molecule has 7 heteroatoms. The van der Waals surface area contributed by atoms with Crippen LogP contribution >= 0.6 is 22.7 Å². The third-order valence-electron chi connectivity index (χ3n) is 3.35. The molecule has 0 aliphatic carbocycles. The third kappa shape index (κ3) is 2.86. The Morgan fingerprint density at radius 3 is 1.54 bits per heavy atom. The van der Waals surface area contributed by atoms with Gasteiger partial charge in [-0.05, 0) is 24.3 Å². The summed E-state index contributed by atoms with van der Waals surface area (Å²) in [4.78, 5) is 29.6. The molecule has 0 aromatic carbocycles. The summed E-state index contributed by atoms with van der Waals surface area (Å²) in [5.41, 5.74) is 2.58. The molecule has 0 saturated heterocycles. The van der Waals surface area contributed by atoms with E-state index in [4.69, 9.17) is 0 Å². The van der Waals surface area contributed by atoms with Gasteiger partial charge in [0.05, 0.1) is 11.4 Å². The van der Waals surface area contributed by atoms with Gasteiger partial charge in [-0.15, -0.1) is 22.7 Å². The van der Waals surface area contributed by atoms with Crippen molar-refractivity contribution < 1.29 is 4.79 Å². The molecule has 4 heterocycles. The Bertz CT molecular complexity index is 867. The lowest BCUT2D eigenvalue weighted by Gasteiger charge is -2.03. The van der Waals surface area contributed by atoms with Crippen molar-refractivity contribution in [3.8, 4) is 21.4 Å². The minimum absolute atomic E-state index is 0.105. The maximum atomic E-state index is 12.5. The van der Waals surface area contributed by atoms with E-state index < -0.39 is 0 Å². The zero-order valence-electron chi connectivity index (χ0n) is 12.3. The minimum atomic E-state index is -0.105. The topological polar surface area (TPSA) is 68.6 Å². The van der Waals surface area contributed by atoms with Gasteiger partial charge in [-0.3, -0.25) is 14.8 Å². The number of rotatable bonds is 4. The smallest absolute Gasteiger partial charge is 0.196 e. The molecule has 4 aromatic rings. The van der Waals surface area contributed by atoms with E-state index in [-0.39, 0.29) is 5.78 Å². The van der Waals surface area contributed by atoms with Gasteiger partial charge in [0.2, 0.25) is 0 Å². The van der Waals surface area contributed by atoms with Crippen LogP contribution in [-0.2, 0) is 0 Å². The first kappa shape index (κ1) is 14.8. The Balaban J connectivity index is 1.57. The Kier molecular flexibility index (Phi) is 3.94. The summed E-state index contributed by atoms with van der Waals surface area (Å²) < 4.78 is 0. The second-order valence-electron chi connectivity index (χ2n) is 4.87. The van der Waals surface area contributed by atoms with E-state index >= 15 is 0 Å². The molecule has 4 rings (SSSR count). The molecule has 0 radical (unpaired) electrons. The summed E-state index contributed by atoms with van der Waals surface area (Å²) in [5.74, 6) is -0.105. The summed E-state index contributed by atoms with van der Waals surface area (Å²) >= 11 is 3.03. The number of hydrogen-bond acceptors (Lipinski definition) is 7. The van der Waals surface area contributed by atoms with Gasteiger partial charge < -0.3 is 0 Å². The normalized spacial score (nSPS) is 10.7. The molecule has 5 nitrogen and oxygen atoms in total. The molecule has 0 N–H and O–H groups in total. The molecule has 0 aliphatic heterocycles. The lowest BCUT2D eigenvalue weighted by Crippen LogP contribution is -2.03. The zero-order chi connectivity index (χ0) is 16.4. The first-order valence-electron chi connectivity index (χ1n) is 7.08. The number of hydrogen-bond donors (Lipinski definition) is 0. The summed E-state index contributed by atoms with van der Waals surface area (Å²) in [7, 11) is 0. The van der Waals surface area contributed by atoms with E-state index in [1.807, 2.05) is 22.9 Å². The van der Waals surface area contributed by atoms with E-state index in [2.05, 4.69) is 19.9 Å². The fourth-order valence-electron chi connectivity index (χ4n) is 2.18. The predicted octanol–water partition coefficient (Wildman–Crippen LogP) is 3.95. The van der Waals surface area contributed by atoms with Crippen LogP contribution in [0.4, 0.5) is 0 Å². The zero-order valence-corrected chi connectivity index (χ0v) is 13.9. The fourth-order valence-corrected chi connectivity index (χ4v) is 3.40. The quantitative estimate of drug-likeness (QED) is 0.521. The lowest BCUT2D eigenvalue weighted by molar-refractivity contribution is 0.103. The van der Waals surface area contributed by atoms with E-state index in [0.29, 0.717) is 11.1 Å². The molecule has 0 saturated carbocycles. The Hall–Kier alpha value is -2.77. The highest BCUT2D eigenvalue weighted by Crippen LogP contribution is 2.22. The molecule has 0 spiro atoms. The number of carbonyl (C=O) groups is 1. The molecular weight excluding hydrogens is 340 g/mol. The number of aromatic nitrogens is 4. The molecule has 0 unspecified atom stereocenters. The van der Waals surface area contributed by atoms with E-state index in [1.54, 1.807) is 36.9 Å². The van der Waals surface area contributed by atoms with Gasteiger partial charge in [-0.2, -0.15) is 0 Å². The summed E-state index contributed by atoms with van der Waals surface area (Å²) in [6, 6.07) is 7.15. The molecule has 0 aliphatic rings. The number of pyridine rings is 2. The van der Waals surface area contributed by atoms with Crippen molar-refractivity contribution in [3.05, 3.63) is 70.9 Å². The standard InChI is InChI=1S/C17H10N4OS2/c22-15(11-1-3-13(20-9-11)16-18-5-7-23-16)12-2-4-14(21-10-12)17-19-6-8-24-17/h1-10H. The first-order valence-corrected chi connectivity index (χ1v) is 8.84. The molecule has 0 amide bonds. The van der Waals surface area contributed by atoms with E-state index in [9.17, 15) is 4.79 Å². The van der Waals surface area contributed by atoms with Crippen LogP contribution in [0.3, 0.4) is 0 Å². The average molecular weight is 350 g/mol. The maximum absolute atomic E-state index is 12.5. The molecule has 0 atom stereocenters. The van der Waals surface area contributed by atoms with Gasteiger partial charge in [-0.1, -0.05) is 0 Å². The molecule has 116 valence electrons. The Labute approximate surface area is 145 Å². The third-order valence-corrected chi connectivity index (χ3v) is 4.95. The number of carbonyl (C=O) groups excluding carboxylic acids is 1. The highest BCUT2D eigenvalue weighted by molar-refractivity contribution is 7.13. The second kappa shape index (κ2) is 6.38. The Morgan fingerprint density at radius 1 is 0.708 bits per heavy atom. The summed E-state index contributed by atoms with van der Waals surface area (Å²) in [6.45, 7) is 0. The lowest BCUT2D eigenvalue weighted by atomic mass is 10.1. The van der Waals surface area contributed by atoms with E-state index in [1.165, 1.54) is 22.7 Å². The first-order chi connectivity index (χ1) is 11.8. The molecule has 4 aromatic heterocycles.